The highest BCUT2D eigenvalue weighted by Crippen LogP contribution is 2.46. The number of hydrogen-bond acceptors (Lipinski definition) is 3. The first-order valence-corrected chi connectivity index (χ1v) is 7.68. The molecule has 2 fully saturated rings. The van der Waals surface area contributed by atoms with Gasteiger partial charge in [-0.15, -0.1) is 0 Å². The van der Waals surface area contributed by atoms with E-state index in [1.54, 1.807) is 0 Å². The summed E-state index contributed by atoms with van der Waals surface area (Å²) in [4.78, 5) is 11.5. The summed E-state index contributed by atoms with van der Waals surface area (Å²) in [6.07, 6.45) is 9.20. The van der Waals surface area contributed by atoms with Crippen LogP contribution >= 0.6 is 0 Å². The first-order valence-electron chi connectivity index (χ1n) is 7.68. The molecule has 5 atom stereocenters. The van der Waals surface area contributed by atoms with Gasteiger partial charge in [-0.05, 0) is 24.7 Å². The third-order valence-electron chi connectivity index (χ3n) is 4.70. The van der Waals surface area contributed by atoms with Crippen LogP contribution in [-0.4, -0.2) is 28.2 Å². The number of unbranched alkanes of at least 4 members (excludes halogenated alkanes) is 2. The third-order valence-corrected chi connectivity index (χ3v) is 4.70. The molecular formula is C16H26O3. The van der Waals surface area contributed by atoms with Crippen LogP contribution in [0.15, 0.2) is 12.2 Å². The number of carbonyl (C=O) groups excluding carboxylic acids is 1. The number of aliphatic hydroxyl groups excluding tert-OH is 2. The number of fused-ring (bicyclic) bond motifs is 1. The van der Waals surface area contributed by atoms with Gasteiger partial charge < -0.3 is 10.2 Å². The van der Waals surface area contributed by atoms with Gasteiger partial charge in [-0.1, -0.05) is 38.3 Å². The van der Waals surface area contributed by atoms with Crippen LogP contribution in [0.2, 0.25) is 0 Å². The third kappa shape index (κ3) is 3.67. The quantitative estimate of drug-likeness (QED) is 0.573. The van der Waals surface area contributed by atoms with Gasteiger partial charge in [0.15, 0.2) is 0 Å². The number of hydrogen-bond donors (Lipinski definition) is 2. The number of rotatable bonds is 6. The highest BCUT2D eigenvalue weighted by atomic mass is 16.3. The summed E-state index contributed by atoms with van der Waals surface area (Å²) in [5.74, 6) is 1.08. The fourth-order valence-electron chi connectivity index (χ4n) is 3.65. The maximum atomic E-state index is 11.5. The van der Waals surface area contributed by atoms with E-state index in [-0.39, 0.29) is 12.0 Å². The van der Waals surface area contributed by atoms with Crippen molar-refractivity contribution in [3.8, 4) is 0 Å². The molecule has 2 aliphatic rings. The van der Waals surface area contributed by atoms with Crippen molar-refractivity contribution in [1.82, 2.24) is 0 Å². The van der Waals surface area contributed by atoms with E-state index < -0.39 is 6.10 Å². The lowest BCUT2D eigenvalue weighted by Gasteiger charge is -2.17. The Balaban J connectivity index is 1.85. The molecule has 0 bridgehead atoms. The lowest BCUT2D eigenvalue weighted by molar-refractivity contribution is -0.118. The summed E-state index contributed by atoms with van der Waals surface area (Å²) in [5.41, 5.74) is 0. The number of Topliss-reactive ketones (excluding diaryl/α,β-unsaturated/α-hetero) is 1. The molecule has 0 radical (unpaired) electrons. The largest absolute Gasteiger partial charge is 0.392 e. The van der Waals surface area contributed by atoms with Gasteiger partial charge in [-0.3, -0.25) is 4.79 Å². The molecule has 2 aliphatic carbocycles. The summed E-state index contributed by atoms with van der Waals surface area (Å²) < 4.78 is 0. The van der Waals surface area contributed by atoms with Gasteiger partial charge in [0.2, 0.25) is 0 Å². The molecule has 0 aliphatic heterocycles. The molecule has 0 spiro atoms. The minimum Gasteiger partial charge on any atom is -0.392 e. The second-order valence-electron chi connectivity index (χ2n) is 6.20. The zero-order valence-corrected chi connectivity index (χ0v) is 11.8. The van der Waals surface area contributed by atoms with Crippen LogP contribution in [0.25, 0.3) is 0 Å². The topological polar surface area (TPSA) is 57.5 Å². The molecule has 0 unspecified atom stereocenters. The van der Waals surface area contributed by atoms with E-state index in [4.69, 9.17) is 0 Å². The lowest BCUT2D eigenvalue weighted by atomic mass is 9.90. The van der Waals surface area contributed by atoms with E-state index in [1.165, 1.54) is 0 Å². The van der Waals surface area contributed by atoms with Gasteiger partial charge in [0.05, 0.1) is 12.2 Å². The Morgan fingerprint density at radius 2 is 2.16 bits per heavy atom. The summed E-state index contributed by atoms with van der Waals surface area (Å²) in [5, 5.41) is 19.9. The minimum absolute atomic E-state index is 0.0669. The Morgan fingerprint density at radius 1 is 1.37 bits per heavy atom. The molecule has 0 aromatic carbocycles. The van der Waals surface area contributed by atoms with E-state index in [1.807, 2.05) is 12.2 Å². The van der Waals surface area contributed by atoms with Crippen molar-refractivity contribution >= 4 is 5.78 Å². The van der Waals surface area contributed by atoms with Crippen molar-refractivity contribution in [2.45, 2.75) is 64.1 Å². The van der Waals surface area contributed by atoms with Crippen LogP contribution in [0.3, 0.4) is 0 Å². The molecule has 0 heterocycles. The fourth-order valence-corrected chi connectivity index (χ4v) is 3.65. The van der Waals surface area contributed by atoms with Crippen molar-refractivity contribution in [1.29, 1.82) is 0 Å². The minimum atomic E-state index is -0.407. The monoisotopic (exact) mass is 266 g/mol. The van der Waals surface area contributed by atoms with Crippen molar-refractivity contribution in [3.63, 3.8) is 0 Å². The highest BCUT2D eigenvalue weighted by molar-refractivity contribution is 5.81. The number of carbonyl (C=O) groups is 1. The number of ketones is 1. The average Bonchev–Trinajstić information content (AvgIpc) is 2.82. The van der Waals surface area contributed by atoms with E-state index in [9.17, 15) is 15.0 Å². The summed E-state index contributed by atoms with van der Waals surface area (Å²) in [6, 6.07) is 0. The first kappa shape index (κ1) is 14.7. The summed E-state index contributed by atoms with van der Waals surface area (Å²) in [6.45, 7) is 2.15. The Morgan fingerprint density at radius 3 is 2.89 bits per heavy atom. The van der Waals surface area contributed by atoms with Gasteiger partial charge in [0, 0.05) is 18.8 Å². The molecule has 3 nitrogen and oxygen atoms in total. The highest BCUT2D eigenvalue weighted by Gasteiger charge is 2.46. The molecular weight excluding hydrogens is 240 g/mol. The predicted molar refractivity (Wildman–Crippen MR) is 74.6 cm³/mol. The van der Waals surface area contributed by atoms with Crippen LogP contribution in [-0.2, 0) is 4.79 Å². The molecule has 0 amide bonds. The Kier molecular flexibility index (Phi) is 5.17. The molecule has 108 valence electrons. The van der Waals surface area contributed by atoms with Crippen LogP contribution in [0.4, 0.5) is 0 Å². The zero-order valence-electron chi connectivity index (χ0n) is 11.8. The summed E-state index contributed by atoms with van der Waals surface area (Å²) in [7, 11) is 0. The Labute approximate surface area is 115 Å². The van der Waals surface area contributed by atoms with Crippen LogP contribution in [0.5, 0.6) is 0 Å². The summed E-state index contributed by atoms with van der Waals surface area (Å²) >= 11 is 0. The normalized spacial score (nSPS) is 36.1. The van der Waals surface area contributed by atoms with Gasteiger partial charge in [-0.2, -0.15) is 0 Å². The van der Waals surface area contributed by atoms with Crippen molar-refractivity contribution in [3.05, 3.63) is 12.2 Å². The zero-order chi connectivity index (χ0) is 13.8. The second kappa shape index (κ2) is 6.67. The van der Waals surface area contributed by atoms with Crippen LogP contribution in [0, 0.1) is 17.8 Å². The van der Waals surface area contributed by atoms with Crippen LogP contribution in [0.1, 0.15) is 51.9 Å². The maximum absolute atomic E-state index is 11.5. The molecule has 0 aromatic heterocycles. The van der Waals surface area contributed by atoms with Crippen LogP contribution < -0.4 is 0 Å². The molecule has 0 saturated heterocycles. The fraction of sp³-hybridized carbons (Fsp3) is 0.812. The molecule has 19 heavy (non-hydrogen) atoms. The van der Waals surface area contributed by atoms with Gasteiger partial charge in [0.1, 0.15) is 5.78 Å². The van der Waals surface area contributed by atoms with Crippen molar-refractivity contribution in [2.24, 2.45) is 17.8 Å². The second-order valence-corrected chi connectivity index (χ2v) is 6.20. The predicted octanol–water partition coefficient (Wildman–Crippen LogP) is 2.46. The Bertz CT molecular complexity index is 337. The Hall–Kier alpha value is -0.670. The first-order chi connectivity index (χ1) is 9.11. The standard InChI is InChI=1S/C16H26O3/c1-2-3-4-5-12(17)6-7-14-15-10-13(18)8-11(15)9-16(14)19/h6-7,11-12,14-17,19H,2-5,8-10H2,1H3/t11-,12-,14-,15-,16+/m0/s1. The SMILES string of the molecule is CCCCC[C@H](O)C=C[C@H]1[C@H]2CC(=O)C[C@H]2C[C@H]1O. The van der Waals surface area contributed by atoms with E-state index in [2.05, 4.69) is 6.92 Å². The van der Waals surface area contributed by atoms with Crippen molar-refractivity contribution < 1.29 is 15.0 Å². The van der Waals surface area contributed by atoms with E-state index in [0.717, 1.165) is 32.1 Å². The van der Waals surface area contributed by atoms with Gasteiger partial charge in [0.25, 0.3) is 0 Å². The van der Waals surface area contributed by atoms with E-state index in [0.29, 0.717) is 30.5 Å². The molecule has 2 rings (SSSR count). The number of aliphatic hydroxyl groups is 2. The molecule has 2 saturated carbocycles. The average molecular weight is 266 g/mol. The van der Waals surface area contributed by atoms with Gasteiger partial charge in [-0.25, -0.2) is 0 Å². The lowest BCUT2D eigenvalue weighted by Crippen LogP contribution is -2.18. The maximum Gasteiger partial charge on any atom is 0.133 e. The van der Waals surface area contributed by atoms with Gasteiger partial charge >= 0.3 is 0 Å². The van der Waals surface area contributed by atoms with E-state index >= 15 is 0 Å². The molecule has 3 heteroatoms. The molecule has 0 aromatic rings. The molecule has 2 N–H and O–H groups in total. The smallest absolute Gasteiger partial charge is 0.133 e. The van der Waals surface area contributed by atoms with Crippen molar-refractivity contribution in [2.75, 3.05) is 0 Å².